The van der Waals surface area contributed by atoms with Crippen molar-refractivity contribution in [2.75, 3.05) is 5.54 Å². The van der Waals surface area contributed by atoms with E-state index in [1.807, 2.05) is 24.3 Å². The van der Waals surface area contributed by atoms with Gasteiger partial charge in [-0.3, -0.25) is 0 Å². The second-order valence-electron chi connectivity index (χ2n) is 2.20. The van der Waals surface area contributed by atoms with E-state index in [2.05, 4.69) is 9.97 Å². The molecule has 0 amide bonds. The largest absolute Gasteiger partial charge is 0.322 e. The molecule has 0 bridgehead atoms. The molecule has 2 rings (SSSR count). The third-order valence-corrected chi connectivity index (χ3v) is 1.48. The molecular weight excluding hydrogens is 145 g/mol. The highest BCUT2D eigenvalue weighted by Gasteiger charge is 1.98. The lowest BCUT2D eigenvalue weighted by Crippen LogP contribution is -1.81. The molecule has 0 aliphatic rings. The van der Waals surface area contributed by atoms with Gasteiger partial charge in [-0.05, 0) is 12.1 Å². The maximum absolute atomic E-state index is 11.8. The van der Waals surface area contributed by atoms with E-state index in [0.717, 1.165) is 11.0 Å². The summed E-state index contributed by atoms with van der Waals surface area (Å²) in [5.74, 6) is 0.145. The van der Waals surface area contributed by atoms with Crippen LogP contribution in [0.1, 0.15) is 0 Å². The molecule has 0 unspecified atom stereocenters. The molecule has 0 saturated heterocycles. The number of aromatic nitrogens is 2. The zero-order valence-electron chi connectivity index (χ0n) is 5.63. The first-order valence-electron chi connectivity index (χ1n) is 3.21. The number of anilines is 1. The first-order valence-corrected chi connectivity index (χ1v) is 3.21. The Morgan fingerprint density at radius 3 is 2.91 bits per heavy atom. The van der Waals surface area contributed by atoms with Crippen molar-refractivity contribution in [3.8, 4) is 0 Å². The highest BCUT2D eigenvalue weighted by atomic mass is 19.2. The molecule has 0 saturated carbocycles. The molecule has 0 spiro atoms. The number of fused-ring (bicyclic) bond motifs is 1. The number of rotatable bonds is 1. The van der Waals surface area contributed by atoms with Gasteiger partial charge in [-0.15, -0.1) is 4.48 Å². The molecule has 1 aromatic carbocycles. The second-order valence-corrected chi connectivity index (χ2v) is 2.20. The molecule has 3 nitrogen and oxygen atoms in total. The van der Waals surface area contributed by atoms with Crippen molar-refractivity contribution in [3.63, 3.8) is 0 Å². The molecule has 0 fully saturated rings. The Balaban J connectivity index is 2.69. The number of hydrogen-bond acceptors (Lipinski definition) is 2. The number of para-hydroxylation sites is 2. The molecule has 1 heterocycles. The predicted molar refractivity (Wildman–Crippen MR) is 40.8 cm³/mol. The van der Waals surface area contributed by atoms with Crippen molar-refractivity contribution in [2.24, 2.45) is 0 Å². The minimum Gasteiger partial charge on any atom is -0.322 e. The van der Waals surface area contributed by atoms with Gasteiger partial charge in [-0.25, -0.2) is 4.98 Å². The highest BCUT2D eigenvalue weighted by molar-refractivity contribution is 5.76. The van der Waals surface area contributed by atoms with E-state index in [9.17, 15) is 4.48 Å². The van der Waals surface area contributed by atoms with Crippen LogP contribution in [0, 0.1) is 0 Å². The third-order valence-electron chi connectivity index (χ3n) is 1.48. The Labute approximate surface area is 62.2 Å². The maximum Gasteiger partial charge on any atom is 0.229 e. The van der Waals surface area contributed by atoms with E-state index in [1.165, 1.54) is 5.54 Å². The predicted octanol–water partition coefficient (Wildman–Crippen LogP) is 1.86. The molecule has 0 atom stereocenters. The summed E-state index contributed by atoms with van der Waals surface area (Å²) in [5.41, 5.74) is 3.03. The summed E-state index contributed by atoms with van der Waals surface area (Å²) in [6.45, 7) is 0. The Morgan fingerprint density at radius 1 is 1.36 bits per heavy atom. The molecule has 1 aromatic heterocycles. The normalized spacial score (nSPS) is 10.3. The van der Waals surface area contributed by atoms with Gasteiger partial charge >= 0.3 is 0 Å². The van der Waals surface area contributed by atoms with Gasteiger partial charge in [-0.2, -0.15) is 5.54 Å². The quantitative estimate of drug-likeness (QED) is 0.611. The van der Waals surface area contributed by atoms with Gasteiger partial charge < -0.3 is 4.98 Å². The molecule has 2 aromatic rings. The van der Waals surface area contributed by atoms with Gasteiger partial charge in [0.05, 0.1) is 11.0 Å². The number of nitrogens with one attached hydrogen (secondary N) is 2. The van der Waals surface area contributed by atoms with Gasteiger partial charge in [0, 0.05) is 0 Å². The van der Waals surface area contributed by atoms with Crippen LogP contribution in [0.3, 0.4) is 0 Å². The molecule has 0 aliphatic heterocycles. The first-order chi connectivity index (χ1) is 5.40. The van der Waals surface area contributed by atoms with Crippen molar-refractivity contribution < 1.29 is 4.48 Å². The minimum absolute atomic E-state index is 0.145. The lowest BCUT2D eigenvalue weighted by molar-refractivity contribution is 0.608. The van der Waals surface area contributed by atoms with Crippen LogP contribution < -0.4 is 5.54 Å². The number of halogens is 1. The Kier molecular flexibility index (Phi) is 1.25. The summed E-state index contributed by atoms with van der Waals surface area (Å²) in [6.07, 6.45) is 0. The topological polar surface area (TPSA) is 40.7 Å². The van der Waals surface area contributed by atoms with Crippen LogP contribution in [0.25, 0.3) is 11.0 Å². The van der Waals surface area contributed by atoms with E-state index in [1.54, 1.807) is 0 Å². The molecule has 56 valence electrons. The zero-order valence-corrected chi connectivity index (χ0v) is 5.63. The van der Waals surface area contributed by atoms with Crippen LogP contribution >= 0.6 is 0 Å². The molecule has 0 aliphatic carbocycles. The van der Waals surface area contributed by atoms with Crippen molar-refractivity contribution in [1.82, 2.24) is 9.97 Å². The summed E-state index contributed by atoms with van der Waals surface area (Å²) >= 11 is 0. The fraction of sp³-hybridized carbons (Fsp3) is 0. The second kappa shape index (κ2) is 2.23. The Bertz CT molecular complexity index is 335. The number of benzene rings is 1. The van der Waals surface area contributed by atoms with Crippen LogP contribution in [0.4, 0.5) is 10.4 Å². The highest BCUT2D eigenvalue weighted by Crippen LogP contribution is 2.12. The van der Waals surface area contributed by atoms with E-state index in [0.29, 0.717) is 0 Å². The smallest absolute Gasteiger partial charge is 0.229 e. The summed E-state index contributed by atoms with van der Waals surface area (Å²) in [6, 6.07) is 7.36. The zero-order chi connectivity index (χ0) is 7.68. The summed E-state index contributed by atoms with van der Waals surface area (Å²) in [7, 11) is 0. The fourth-order valence-electron chi connectivity index (χ4n) is 0.998. The standard InChI is InChI=1S/C7H6FN3/c8-11-7-9-5-3-1-2-4-6(5)10-7/h1-4H,(H2,9,10,11). The summed E-state index contributed by atoms with van der Waals surface area (Å²) in [5, 5.41) is 0. The average Bonchev–Trinajstić information content (AvgIpc) is 2.46. The summed E-state index contributed by atoms with van der Waals surface area (Å²) < 4.78 is 11.8. The van der Waals surface area contributed by atoms with Crippen LogP contribution in [-0.2, 0) is 0 Å². The first kappa shape index (κ1) is 6.15. The monoisotopic (exact) mass is 151 g/mol. The van der Waals surface area contributed by atoms with Crippen molar-refractivity contribution in [2.45, 2.75) is 0 Å². The Morgan fingerprint density at radius 2 is 2.18 bits per heavy atom. The number of nitrogens with zero attached hydrogens (tertiary/aromatic N) is 1. The number of aromatic amines is 1. The average molecular weight is 151 g/mol. The summed E-state index contributed by atoms with van der Waals surface area (Å²) in [4.78, 5) is 6.64. The van der Waals surface area contributed by atoms with Crippen LogP contribution in [0.5, 0.6) is 0 Å². The molecule has 0 radical (unpaired) electrons. The van der Waals surface area contributed by atoms with Gasteiger partial charge in [-0.1, -0.05) is 12.1 Å². The van der Waals surface area contributed by atoms with Crippen molar-refractivity contribution >= 4 is 17.0 Å². The van der Waals surface area contributed by atoms with E-state index in [-0.39, 0.29) is 5.95 Å². The van der Waals surface area contributed by atoms with E-state index < -0.39 is 0 Å². The molecule has 11 heavy (non-hydrogen) atoms. The third kappa shape index (κ3) is 0.920. The molecular formula is C7H6FN3. The van der Waals surface area contributed by atoms with Gasteiger partial charge in [0.25, 0.3) is 0 Å². The van der Waals surface area contributed by atoms with Crippen molar-refractivity contribution in [3.05, 3.63) is 24.3 Å². The van der Waals surface area contributed by atoms with Gasteiger partial charge in [0.1, 0.15) is 0 Å². The van der Waals surface area contributed by atoms with E-state index in [4.69, 9.17) is 0 Å². The molecule has 4 heteroatoms. The van der Waals surface area contributed by atoms with Gasteiger partial charge in [0.2, 0.25) is 5.95 Å². The van der Waals surface area contributed by atoms with Crippen LogP contribution in [0.2, 0.25) is 0 Å². The lowest BCUT2D eigenvalue weighted by Gasteiger charge is -1.82. The van der Waals surface area contributed by atoms with E-state index >= 15 is 0 Å². The maximum atomic E-state index is 11.8. The Hall–Kier alpha value is -1.58. The molecule has 2 N–H and O–H groups in total. The fourth-order valence-corrected chi connectivity index (χ4v) is 0.998. The van der Waals surface area contributed by atoms with Gasteiger partial charge in [0.15, 0.2) is 0 Å². The number of imidazole rings is 1. The van der Waals surface area contributed by atoms with Crippen molar-refractivity contribution in [1.29, 1.82) is 0 Å². The van der Waals surface area contributed by atoms with Crippen LogP contribution in [0.15, 0.2) is 24.3 Å². The lowest BCUT2D eigenvalue weighted by atomic mass is 10.3. The minimum atomic E-state index is 0.145. The number of hydrogen-bond donors (Lipinski definition) is 2. The van der Waals surface area contributed by atoms with Crippen LogP contribution in [-0.4, -0.2) is 9.97 Å². The number of H-pyrrole nitrogens is 1. The SMILES string of the molecule is FNc1nc2ccccc2[nH]1.